The first kappa shape index (κ1) is 16.7. The molecule has 0 aliphatic heterocycles. The van der Waals surface area contributed by atoms with E-state index in [1.807, 2.05) is 13.8 Å². The van der Waals surface area contributed by atoms with Crippen LogP contribution in [-0.2, 0) is 4.79 Å². The molecule has 1 aliphatic carbocycles. The summed E-state index contributed by atoms with van der Waals surface area (Å²) >= 11 is 0. The van der Waals surface area contributed by atoms with E-state index in [2.05, 4.69) is 19.2 Å². The molecule has 1 aliphatic rings. The molecule has 0 aromatic rings. The Kier molecular flexibility index (Phi) is 6.49. The van der Waals surface area contributed by atoms with Crippen molar-refractivity contribution in [2.45, 2.75) is 65.5 Å². The number of hydrogen-bond donors (Lipinski definition) is 2. The Labute approximate surface area is 111 Å². The monoisotopic (exact) mass is 262 g/mol. The molecular formula is C13H27ClN2O. The van der Waals surface area contributed by atoms with Gasteiger partial charge in [-0.2, -0.15) is 0 Å². The summed E-state index contributed by atoms with van der Waals surface area (Å²) in [7, 11) is 0. The maximum atomic E-state index is 11.8. The highest BCUT2D eigenvalue weighted by molar-refractivity contribution is 5.85. The summed E-state index contributed by atoms with van der Waals surface area (Å²) in [6.45, 7) is 8.55. The number of nitrogens with two attached hydrogens (primary N) is 1. The van der Waals surface area contributed by atoms with Crippen molar-refractivity contribution in [3.8, 4) is 0 Å². The lowest BCUT2D eigenvalue weighted by molar-refractivity contribution is -0.124. The van der Waals surface area contributed by atoms with Crippen LogP contribution in [0.5, 0.6) is 0 Å². The summed E-state index contributed by atoms with van der Waals surface area (Å²) in [4.78, 5) is 11.8. The molecule has 0 spiro atoms. The van der Waals surface area contributed by atoms with Crippen molar-refractivity contribution in [3.05, 3.63) is 0 Å². The van der Waals surface area contributed by atoms with Crippen LogP contribution in [-0.4, -0.2) is 18.0 Å². The molecule has 0 bridgehead atoms. The number of carbonyl (C=O) groups is 1. The fourth-order valence-electron chi connectivity index (χ4n) is 2.14. The van der Waals surface area contributed by atoms with E-state index < -0.39 is 0 Å². The van der Waals surface area contributed by atoms with Gasteiger partial charge in [0, 0.05) is 6.04 Å². The van der Waals surface area contributed by atoms with E-state index in [0.717, 1.165) is 12.8 Å². The van der Waals surface area contributed by atoms with Gasteiger partial charge in [0.2, 0.25) is 5.91 Å². The predicted octanol–water partition coefficient (Wildman–Crippen LogP) is 2.48. The molecule has 1 fully saturated rings. The normalized spacial score (nSPS) is 21.8. The zero-order valence-electron chi connectivity index (χ0n) is 11.5. The molecule has 0 heterocycles. The average Bonchev–Trinajstić information content (AvgIpc) is 2.19. The predicted molar refractivity (Wildman–Crippen MR) is 74.2 cm³/mol. The van der Waals surface area contributed by atoms with Crippen LogP contribution in [0.2, 0.25) is 0 Å². The van der Waals surface area contributed by atoms with E-state index in [1.54, 1.807) is 0 Å². The number of halogens is 1. The largest absolute Gasteiger partial charge is 0.352 e. The molecule has 0 saturated heterocycles. The van der Waals surface area contributed by atoms with Crippen molar-refractivity contribution < 1.29 is 4.79 Å². The first-order valence-corrected chi connectivity index (χ1v) is 6.38. The number of nitrogens with one attached hydrogen (secondary N) is 1. The third-order valence-electron chi connectivity index (χ3n) is 3.71. The molecule has 3 nitrogen and oxygen atoms in total. The van der Waals surface area contributed by atoms with Gasteiger partial charge in [0.1, 0.15) is 0 Å². The summed E-state index contributed by atoms with van der Waals surface area (Å²) < 4.78 is 0. The first-order chi connectivity index (χ1) is 7.32. The molecule has 0 aromatic carbocycles. The van der Waals surface area contributed by atoms with Gasteiger partial charge in [-0.1, -0.05) is 27.7 Å². The lowest BCUT2D eigenvalue weighted by Crippen LogP contribution is -2.49. The van der Waals surface area contributed by atoms with E-state index in [-0.39, 0.29) is 30.3 Å². The molecule has 3 N–H and O–H groups in total. The Morgan fingerprint density at radius 3 is 2.18 bits per heavy atom. The van der Waals surface area contributed by atoms with Gasteiger partial charge in [-0.05, 0) is 37.0 Å². The maximum absolute atomic E-state index is 11.8. The van der Waals surface area contributed by atoms with Crippen LogP contribution in [0.3, 0.4) is 0 Å². The molecule has 4 heteroatoms. The second kappa shape index (κ2) is 6.60. The number of hydrogen-bond acceptors (Lipinski definition) is 2. The number of carbonyl (C=O) groups excluding carboxylic acids is 1. The summed E-state index contributed by atoms with van der Waals surface area (Å²) in [5, 5.41) is 3.07. The topological polar surface area (TPSA) is 55.1 Å². The third-order valence-corrected chi connectivity index (χ3v) is 3.71. The van der Waals surface area contributed by atoms with Crippen LogP contribution in [0, 0.1) is 11.3 Å². The Balaban J connectivity index is 0.00000256. The van der Waals surface area contributed by atoms with Crippen LogP contribution in [0.15, 0.2) is 0 Å². The van der Waals surface area contributed by atoms with Crippen molar-refractivity contribution in [2.75, 3.05) is 0 Å². The number of rotatable bonds is 3. The van der Waals surface area contributed by atoms with Crippen molar-refractivity contribution >= 4 is 18.3 Å². The van der Waals surface area contributed by atoms with Gasteiger partial charge in [0.05, 0.1) is 6.04 Å². The molecule has 1 amide bonds. The fourth-order valence-corrected chi connectivity index (χ4v) is 2.14. The van der Waals surface area contributed by atoms with Crippen LogP contribution >= 0.6 is 12.4 Å². The Bertz CT molecular complexity index is 244. The first-order valence-electron chi connectivity index (χ1n) is 6.38. The molecule has 0 radical (unpaired) electrons. The highest BCUT2D eigenvalue weighted by atomic mass is 35.5. The minimum Gasteiger partial charge on any atom is -0.352 e. The van der Waals surface area contributed by atoms with Crippen molar-refractivity contribution in [1.29, 1.82) is 0 Å². The Hall–Kier alpha value is -0.280. The van der Waals surface area contributed by atoms with Gasteiger partial charge in [-0.25, -0.2) is 0 Å². The van der Waals surface area contributed by atoms with Gasteiger partial charge < -0.3 is 11.1 Å². The van der Waals surface area contributed by atoms with E-state index in [1.165, 1.54) is 12.8 Å². The average molecular weight is 263 g/mol. The summed E-state index contributed by atoms with van der Waals surface area (Å²) in [5.74, 6) is 0.222. The van der Waals surface area contributed by atoms with Gasteiger partial charge in [-0.15, -0.1) is 12.4 Å². The minimum atomic E-state index is -0.366. The number of amides is 1. The smallest absolute Gasteiger partial charge is 0.237 e. The van der Waals surface area contributed by atoms with Crippen LogP contribution in [0.4, 0.5) is 0 Å². The lowest BCUT2D eigenvalue weighted by Gasteiger charge is -2.35. The van der Waals surface area contributed by atoms with Gasteiger partial charge in [-0.3, -0.25) is 4.79 Å². The van der Waals surface area contributed by atoms with Crippen molar-refractivity contribution in [2.24, 2.45) is 17.1 Å². The molecule has 1 saturated carbocycles. The third kappa shape index (κ3) is 5.26. The molecule has 17 heavy (non-hydrogen) atoms. The molecule has 1 unspecified atom stereocenters. The van der Waals surface area contributed by atoms with E-state index in [4.69, 9.17) is 5.73 Å². The standard InChI is InChI=1S/C13H26N2O.ClH/c1-9(2)11(14)12(16)15-10-5-7-13(3,4)8-6-10;/h9-11H,5-8,14H2,1-4H3,(H,15,16);1H. The molecule has 102 valence electrons. The van der Waals surface area contributed by atoms with Crippen LogP contribution in [0.25, 0.3) is 0 Å². The fraction of sp³-hybridized carbons (Fsp3) is 0.923. The second-order valence-corrected chi connectivity index (χ2v) is 6.22. The van der Waals surface area contributed by atoms with Gasteiger partial charge in [0.15, 0.2) is 0 Å². The van der Waals surface area contributed by atoms with E-state index >= 15 is 0 Å². The Morgan fingerprint density at radius 2 is 1.76 bits per heavy atom. The minimum absolute atomic E-state index is 0. The van der Waals surface area contributed by atoms with Crippen molar-refractivity contribution in [1.82, 2.24) is 5.32 Å². The molecule has 1 rings (SSSR count). The van der Waals surface area contributed by atoms with E-state index in [9.17, 15) is 4.79 Å². The molecule has 0 aromatic heterocycles. The summed E-state index contributed by atoms with van der Waals surface area (Å²) in [5.41, 5.74) is 6.26. The zero-order valence-corrected chi connectivity index (χ0v) is 12.3. The second-order valence-electron chi connectivity index (χ2n) is 6.22. The summed E-state index contributed by atoms with van der Waals surface area (Å²) in [6.07, 6.45) is 4.55. The van der Waals surface area contributed by atoms with Crippen LogP contribution in [0.1, 0.15) is 53.4 Å². The Morgan fingerprint density at radius 1 is 1.29 bits per heavy atom. The zero-order chi connectivity index (χ0) is 12.3. The highest BCUT2D eigenvalue weighted by Gasteiger charge is 2.28. The van der Waals surface area contributed by atoms with E-state index in [0.29, 0.717) is 11.5 Å². The lowest BCUT2D eigenvalue weighted by atomic mass is 9.75. The van der Waals surface area contributed by atoms with Gasteiger partial charge >= 0.3 is 0 Å². The van der Waals surface area contributed by atoms with Gasteiger partial charge in [0.25, 0.3) is 0 Å². The van der Waals surface area contributed by atoms with Crippen molar-refractivity contribution in [3.63, 3.8) is 0 Å². The van der Waals surface area contributed by atoms with Crippen LogP contribution < -0.4 is 11.1 Å². The maximum Gasteiger partial charge on any atom is 0.237 e. The molecule has 1 atom stereocenters. The highest BCUT2D eigenvalue weighted by Crippen LogP contribution is 2.34. The molecular weight excluding hydrogens is 236 g/mol. The SMILES string of the molecule is CC(C)C(N)C(=O)NC1CCC(C)(C)CC1.Cl. The summed E-state index contributed by atoms with van der Waals surface area (Å²) in [6, 6.07) is -0.0275. The quantitative estimate of drug-likeness (QED) is 0.821.